The molecule has 0 spiro atoms. The van der Waals surface area contributed by atoms with Gasteiger partial charge in [0.25, 0.3) is 0 Å². The summed E-state index contributed by atoms with van der Waals surface area (Å²) >= 11 is 0. The molecule has 0 aromatic heterocycles. The second kappa shape index (κ2) is 8.73. The fourth-order valence-electron chi connectivity index (χ4n) is 3.91. The molecule has 0 N–H and O–H groups in total. The van der Waals surface area contributed by atoms with Crippen LogP contribution in [-0.4, -0.2) is 80.1 Å². The molecule has 2 aliphatic heterocycles. The first-order chi connectivity index (χ1) is 12.6. The van der Waals surface area contributed by atoms with Crippen molar-refractivity contribution in [2.24, 2.45) is 0 Å². The zero-order valence-corrected chi connectivity index (χ0v) is 16.2. The number of carbonyl (C=O) groups is 1. The van der Waals surface area contributed by atoms with Gasteiger partial charge in [-0.2, -0.15) is 0 Å². The molecule has 3 rings (SSSR count). The Hall–Kier alpha value is -1.79. The van der Waals surface area contributed by atoms with Crippen molar-refractivity contribution < 1.29 is 14.3 Å². The lowest BCUT2D eigenvalue weighted by Gasteiger charge is -2.38. The van der Waals surface area contributed by atoms with Gasteiger partial charge in [-0.15, -0.1) is 0 Å². The van der Waals surface area contributed by atoms with E-state index in [9.17, 15) is 4.79 Å². The number of piperazine rings is 1. The van der Waals surface area contributed by atoms with E-state index in [2.05, 4.69) is 16.7 Å². The number of carbonyl (C=O) groups excluding carboxylic acids is 1. The molecule has 1 aromatic rings. The van der Waals surface area contributed by atoms with E-state index in [1.54, 1.807) is 14.2 Å². The summed E-state index contributed by atoms with van der Waals surface area (Å²) in [6, 6.07) is 5.92. The number of amides is 1. The summed E-state index contributed by atoms with van der Waals surface area (Å²) in [5.41, 5.74) is 1.14. The van der Waals surface area contributed by atoms with Crippen LogP contribution in [0.2, 0.25) is 0 Å². The van der Waals surface area contributed by atoms with Gasteiger partial charge in [0.15, 0.2) is 0 Å². The summed E-state index contributed by atoms with van der Waals surface area (Å²) in [5.74, 6) is 2.04. The van der Waals surface area contributed by atoms with Crippen LogP contribution in [0.1, 0.15) is 25.3 Å². The molecular weight excluding hydrogens is 330 g/mol. The van der Waals surface area contributed by atoms with E-state index in [4.69, 9.17) is 9.47 Å². The van der Waals surface area contributed by atoms with Crippen molar-refractivity contribution in [2.45, 2.75) is 32.4 Å². The lowest BCUT2D eigenvalue weighted by molar-refractivity contribution is -0.136. The molecule has 1 unspecified atom stereocenters. The fraction of sp³-hybridized carbons (Fsp3) is 0.650. The summed E-state index contributed by atoms with van der Waals surface area (Å²) in [6.45, 7) is 8.51. The minimum absolute atomic E-state index is 0.0124. The van der Waals surface area contributed by atoms with Crippen LogP contribution in [0.4, 0.5) is 0 Å². The van der Waals surface area contributed by atoms with Crippen LogP contribution in [0.25, 0.3) is 0 Å². The Balaban J connectivity index is 1.54. The number of nitrogens with zero attached hydrogens (tertiary/aromatic N) is 3. The highest BCUT2D eigenvalue weighted by Gasteiger charge is 2.30. The van der Waals surface area contributed by atoms with Crippen molar-refractivity contribution in [2.75, 3.05) is 53.5 Å². The van der Waals surface area contributed by atoms with Gasteiger partial charge in [-0.25, -0.2) is 0 Å². The van der Waals surface area contributed by atoms with Crippen LogP contribution in [0.3, 0.4) is 0 Å². The predicted octanol–water partition coefficient (Wildman–Crippen LogP) is 1.83. The number of hydrogen-bond donors (Lipinski definition) is 0. The molecule has 0 radical (unpaired) electrons. The molecule has 1 atom stereocenters. The number of benzene rings is 1. The van der Waals surface area contributed by atoms with Gasteiger partial charge < -0.3 is 14.4 Å². The molecule has 144 valence electrons. The number of rotatable bonds is 6. The van der Waals surface area contributed by atoms with E-state index in [-0.39, 0.29) is 6.04 Å². The van der Waals surface area contributed by atoms with Gasteiger partial charge in [0, 0.05) is 51.4 Å². The SMILES string of the molecule is COc1ccc(OC)c(CN2CCN(C(C)C(=O)N3CCCC3)CC2)c1. The monoisotopic (exact) mass is 361 g/mol. The van der Waals surface area contributed by atoms with Crippen molar-refractivity contribution in [3.8, 4) is 11.5 Å². The van der Waals surface area contributed by atoms with Gasteiger partial charge in [0.1, 0.15) is 11.5 Å². The molecule has 0 saturated carbocycles. The highest BCUT2D eigenvalue weighted by atomic mass is 16.5. The zero-order valence-electron chi connectivity index (χ0n) is 16.2. The summed E-state index contributed by atoms with van der Waals surface area (Å²) in [6.07, 6.45) is 2.29. The van der Waals surface area contributed by atoms with Crippen molar-refractivity contribution in [3.63, 3.8) is 0 Å². The Labute approximate surface area is 156 Å². The Morgan fingerprint density at radius 2 is 1.73 bits per heavy atom. The lowest BCUT2D eigenvalue weighted by Crippen LogP contribution is -2.54. The maximum Gasteiger partial charge on any atom is 0.239 e. The van der Waals surface area contributed by atoms with Gasteiger partial charge in [-0.1, -0.05) is 0 Å². The third-order valence-electron chi connectivity index (χ3n) is 5.61. The Bertz CT molecular complexity index is 608. The maximum atomic E-state index is 12.6. The summed E-state index contributed by atoms with van der Waals surface area (Å²) in [7, 11) is 3.39. The van der Waals surface area contributed by atoms with Crippen LogP contribution in [0.5, 0.6) is 11.5 Å². The van der Waals surface area contributed by atoms with Crippen molar-refractivity contribution >= 4 is 5.91 Å². The molecule has 6 heteroatoms. The lowest BCUT2D eigenvalue weighted by atomic mass is 10.1. The van der Waals surface area contributed by atoms with Gasteiger partial charge in [0.05, 0.1) is 20.3 Å². The van der Waals surface area contributed by atoms with Crippen LogP contribution in [0.15, 0.2) is 18.2 Å². The number of likely N-dealkylation sites (tertiary alicyclic amines) is 1. The van der Waals surface area contributed by atoms with Crippen molar-refractivity contribution in [1.82, 2.24) is 14.7 Å². The normalized spacial score (nSPS) is 20.2. The molecule has 26 heavy (non-hydrogen) atoms. The standard InChI is InChI=1S/C20H31N3O3/c1-16(20(24)23-8-4-5-9-23)22-12-10-21(11-13-22)15-17-14-18(25-2)6-7-19(17)26-3/h6-7,14,16H,4-5,8-13,15H2,1-3H3. The summed E-state index contributed by atoms with van der Waals surface area (Å²) < 4.78 is 10.8. The molecule has 2 heterocycles. The van der Waals surface area contributed by atoms with Gasteiger partial charge in [-0.05, 0) is 38.0 Å². The second-order valence-electron chi connectivity index (χ2n) is 7.20. The zero-order chi connectivity index (χ0) is 18.5. The van der Waals surface area contributed by atoms with Gasteiger partial charge in [-0.3, -0.25) is 14.6 Å². The van der Waals surface area contributed by atoms with E-state index >= 15 is 0 Å². The van der Waals surface area contributed by atoms with Crippen molar-refractivity contribution in [1.29, 1.82) is 0 Å². The molecule has 2 aliphatic rings. The van der Waals surface area contributed by atoms with E-state index < -0.39 is 0 Å². The van der Waals surface area contributed by atoms with Crippen LogP contribution in [0, 0.1) is 0 Å². The molecule has 0 aliphatic carbocycles. The minimum atomic E-state index is -0.0124. The summed E-state index contributed by atoms with van der Waals surface area (Å²) in [5, 5.41) is 0. The van der Waals surface area contributed by atoms with Gasteiger partial charge in [0.2, 0.25) is 5.91 Å². The van der Waals surface area contributed by atoms with E-state index in [1.165, 1.54) is 0 Å². The number of hydrogen-bond acceptors (Lipinski definition) is 5. The van der Waals surface area contributed by atoms with Crippen LogP contribution in [-0.2, 0) is 11.3 Å². The Morgan fingerprint density at radius 3 is 2.35 bits per heavy atom. The molecule has 2 saturated heterocycles. The minimum Gasteiger partial charge on any atom is -0.497 e. The van der Waals surface area contributed by atoms with Crippen molar-refractivity contribution in [3.05, 3.63) is 23.8 Å². The molecule has 0 bridgehead atoms. The molecule has 1 aromatic carbocycles. The average molecular weight is 361 g/mol. The fourth-order valence-corrected chi connectivity index (χ4v) is 3.91. The second-order valence-corrected chi connectivity index (χ2v) is 7.20. The molecule has 6 nitrogen and oxygen atoms in total. The quantitative estimate of drug-likeness (QED) is 0.774. The predicted molar refractivity (Wildman–Crippen MR) is 102 cm³/mol. The highest BCUT2D eigenvalue weighted by Crippen LogP contribution is 2.26. The number of ether oxygens (including phenoxy) is 2. The van der Waals surface area contributed by atoms with Gasteiger partial charge >= 0.3 is 0 Å². The highest BCUT2D eigenvalue weighted by molar-refractivity contribution is 5.81. The topological polar surface area (TPSA) is 45.3 Å². The first-order valence-electron chi connectivity index (χ1n) is 9.58. The van der Waals surface area contributed by atoms with E-state index in [1.807, 2.05) is 23.1 Å². The molecular formula is C20H31N3O3. The maximum absolute atomic E-state index is 12.6. The first kappa shape index (κ1) is 19.0. The van der Waals surface area contributed by atoms with Crippen LogP contribution >= 0.6 is 0 Å². The largest absolute Gasteiger partial charge is 0.497 e. The average Bonchev–Trinajstić information content (AvgIpc) is 3.22. The molecule has 2 fully saturated rings. The number of methoxy groups -OCH3 is 2. The third kappa shape index (κ3) is 4.30. The van der Waals surface area contributed by atoms with E-state index in [0.29, 0.717) is 5.91 Å². The Morgan fingerprint density at radius 1 is 1.04 bits per heavy atom. The Kier molecular flexibility index (Phi) is 6.38. The summed E-state index contributed by atoms with van der Waals surface area (Å²) in [4.78, 5) is 19.4. The smallest absolute Gasteiger partial charge is 0.239 e. The third-order valence-corrected chi connectivity index (χ3v) is 5.61. The van der Waals surface area contributed by atoms with Crippen LogP contribution < -0.4 is 9.47 Å². The molecule has 1 amide bonds. The van der Waals surface area contributed by atoms with E-state index in [0.717, 1.165) is 75.7 Å². The first-order valence-corrected chi connectivity index (χ1v) is 9.58.